The zero-order valence-corrected chi connectivity index (χ0v) is 13.4. The van der Waals surface area contributed by atoms with Crippen molar-refractivity contribution in [3.63, 3.8) is 0 Å². The number of nitrogen functional groups attached to an aromatic ring is 1. The van der Waals surface area contributed by atoms with Crippen LogP contribution in [0.4, 0.5) is 10.7 Å². The molecule has 0 spiro atoms. The summed E-state index contributed by atoms with van der Waals surface area (Å²) in [7, 11) is 0. The largest absolute Gasteiger partial charge is 0.486 e. The molecule has 0 saturated heterocycles. The third-order valence-corrected chi connectivity index (χ3v) is 4.76. The highest BCUT2D eigenvalue weighted by Gasteiger charge is 2.29. The number of thiophene rings is 1. The minimum Gasteiger partial charge on any atom is -0.486 e. The lowest BCUT2D eigenvalue weighted by Gasteiger charge is -2.12. The molecule has 2 aliphatic rings. The van der Waals surface area contributed by atoms with Crippen molar-refractivity contribution in [2.45, 2.75) is 51.7 Å². The van der Waals surface area contributed by atoms with Gasteiger partial charge < -0.3 is 21.1 Å². The van der Waals surface area contributed by atoms with Crippen LogP contribution in [0, 0.1) is 5.92 Å². The summed E-state index contributed by atoms with van der Waals surface area (Å²) < 4.78 is 5.82. The van der Waals surface area contributed by atoms with E-state index < -0.39 is 0 Å². The number of ether oxygens (including phenoxy) is 1. The smallest absolute Gasteiger partial charge is 0.263 e. The van der Waals surface area contributed by atoms with Crippen LogP contribution in [0.1, 0.15) is 49.2 Å². The Morgan fingerprint density at radius 1 is 1.38 bits per heavy atom. The maximum absolute atomic E-state index is 12.3. The normalized spacial score (nSPS) is 17.9. The summed E-state index contributed by atoms with van der Waals surface area (Å²) in [6.07, 6.45) is 4.73. The molecule has 0 aromatic carbocycles. The van der Waals surface area contributed by atoms with Gasteiger partial charge in [-0.25, -0.2) is 0 Å². The summed E-state index contributed by atoms with van der Waals surface area (Å²) in [5.41, 5.74) is 6.62. The molecule has 2 aliphatic carbocycles. The van der Waals surface area contributed by atoms with Crippen LogP contribution in [-0.2, 0) is 0 Å². The van der Waals surface area contributed by atoms with Gasteiger partial charge in [-0.3, -0.25) is 4.79 Å². The monoisotopic (exact) mass is 309 g/mol. The number of anilines is 2. The quantitative estimate of drug-likeness (QED) is 0.724. The Morgan fingerprint density at radius 3 is 2.67 bits per heavy atom. The van der Waals surface area contributed by atoms with E-state index in [4.69, 9.17) is 10.5 Å². The first-order valence-corrected chi connectivity index (χ1v) is 8.50. The summed E-state index contributed by atoms with van der Waals surface area (Å²) >= 11 is 1.40. The summed E-state index contributed by atoms with van der Waals surface area (Å²) in [5, 5.41) is 7.27. The summed E-state index contributed by atoms with van der Waals surface area (Å²) in [4.78, 5) is 12.8. The Kier molecular flexibility index (Phi) is 3.97. The first kappa shape index (κ1) is 14.5. The Hall–Kier alpha value is -1.43. The number of nitrogens with one attached hydrogen (secondary N) is 2. The van der Waals surface area contributed by atoms with Gasteiger partial charge in [0, 0.05) is 12.6 Å². The van der Waals surface area contributed by atoms with E-state index in [1.807, 2.05) is 13.8 Å². The molecule has 0 aliphatic heterocycles. The number of carbonyl (C=O) groups is 1. The van der Waals surface area contributed by atoms with Crippen LogP contribution >= 0.6 is 11.3 Å². The second-order valence-electron chi connectivity index (χ2n) is 6.24. The first-order valence-electron chi connectivity index (χ1n) is 7.68. The van der Waals surface area contributed by atoms with Gasteiger partial charge in [0.2, 0.25) is 0 Å². The Labute approximate surface area is 129 Å². The molecule has 0 atom stereocenters. The van der Waals surface area contributed by atoms with Crippen LogP contribution in [-0.4, -0.2) is 24.6 Å². The molecular weight excluding hydrogens is 286 g/mol. The zero-order valence-electron chi connectivity index (χ0n) is 12.6. The third-order valence-electron chi connectivity index (χ3n) is 3.62. The van der Waals surface area contributed by atoms with Crippen molar-refractivity contribution in [1.82, 2.24) is 5.32 Å². The lowest BCUT2D eigenvalue weighted by atomic mass is 10.3. The van der Waals surface area contributed by atoms with E-state index >= 15 is 0 Å². The maximum Gasteiger partial charge on any atom is 0.263 e. The molecule has 1 heterocycles. The van der Waals surface area contributed by atoms with Gasteiger partial charge in [-0.05, 0) is 45.4 Å². The van der Waals surface area contributed by atoms with Crippen LogP contribution in [0.15, 0.2) is 0 Å². The third kappa shape index (κ3) is 3.61. The van der Waals surface area contributed by atoms with Crippen molar-refractivity contribution in [1.29, 1.82) is 0 Å². The molecule has 1 aromatic rings. The molecule has 2 saturated carbocycles. The molecule has 21 heavy (non-hydrogen) atoms. The van der Waals surface area contributed by atoms with Crippen molar-refractivity contribution in [3.8, 4) is 5.75 Å². The molecule has 116 valence electrons. The predicted octanol–water partition coefficient (Wildman–Crippen LogP) is 2.83. The molecule has 5 nitrogen and oxygen atoms in total. The second-order valence-corrected chi connectivity index (χ2v) is 7.26. The predicted molar refractivity (Wildman–Crippen MR) is 86.2 cm³/mol. The van der Waals surface area contributed by atoms with Crippen molar-refractivity contribution in [2.24, 2.45) is 5.92 Å². The van der Waals surface area contributed by atoms with Gasteiger partial charge in [-0.15, -0.1) is 11.3 Å². The topological polar surface area (TPSA) is 76.4 Å². The van der Waals surface area contributed by atoms with Crippen molar-refractivity contribution in [3.05, 3.63) is 4.88 Å². The van der Waals surface area contributed by atoms with E-state index in [-0.39, 0.29) is 12.0 Å². The molecule has 4 N–H and O–H groups in total. The first-order chi connectivity index (χ1) is 10.0. The highest BCUT2D eigenvalue weighted by atomic mass is 32.1. The average Bonchev–Trinajstić information content (AvgIpc) is 3.31. The zero-order chi connectivity index (χ0) is 15.0. The average molecular weight is 309 g/mol. The molecule has 0 bridgehead atoms. The number of amides is 1. The molecule has 6 heteroatoms. The van der Waals surface area contributed by atoms with E-state index in [1.54, 1.807) is 0 Å². The number of nitrogens with two attached hydrogens (primary N) is 1. The molecule has 3 rings (SSSR count). The fourth-order valence-corrected chi connectivity index (χ4v) is 3.07. The van der Waals surface area contributed by atoms with Gasteiger partial charge in [0.25, 0.3) is 5.91 Å². The lowest BCUT2D eigenvalue weighted by molar-refractivity contribution is 0.0955. The van der Waals surface area contributed by atoms with Gasteiger partial charge in [-0.2, -0.15) is 0 Å². The summed E-state index contributed by atoms with van der Waals surface area (Å²) in [5.74, 6) is 1.31. The van der Waals surface area contributed by atoms with E-state index in [9.17, 15) is 4.79 Å². The highest BCUT2D eigenvalue weighted by Crippen LogP contribution is 2.44. The molecule has 0 unspecified atom stereocenters. The number of hydrogen-bond acceptors (Lipinski definition) is 5. The lowest BCUT2D eigenvalue weighted by Crippen LogP contribution is -2.25. The van der Waals surface area contributed by atoms with Gasteiger partial charge in [0.05, 0.1) is 6.10 Å². The molecular formula is C15H23N3O2S. The minimum absolute atomic E-state index is 0.0303. The minimum atomic E-state index is -0.0759. The number of hydrogen-bond donors (Lipinski definition) is 3. The van der Waals surface area contributed by atoms with Crippen molar-refractivity contribution < 1.29 is 9.53 Å². The molecule has 2 fully saturated rings. The fraction of sp³-hybridized carbons (Fsp3) is 0.667. The Morgan fingerprint density at radius 2 is 2.10 bits per heavy atom. The van der Waals surface area contributed by atoms with E-state index in [1.165, 1.54) is 24.2 Å². The molecule has 1 amide bonds. The van der Waals surface area contributed by atoms with Crippen LogP contribution in [0.2, 0.25) is 0 Å². The van der Waals surface area contributed by atoms with Gasteiger partial charge in [-0.1, -0.05) is 0 Å². The van der Waals surface area contributed by atoms with Crippen LogP contribution in [0.3, 0.4) is 0 Å². The fourth-order valence-electron chi connectivity index (χ4n) is 2.10. The van der Waals surface area contributed by atoms with Crippen molar-refractivity contribution >= 4 is 27.9 Å². The summed E-state index contributed by atoms with van der Waals surface area (Å²) in [6.45, 7) is 4.86. The van der Waals surface area contributed by atoms with Crippen molar-refractivity contribution in [2.75, 3.05) is 17.6 Å². The Bertz CT molecular complexity index is 533. The van der Waals surface area contributed by atoms with E-state index in [0.717, 1.165) is 30.3 Å². The van der Waals surface area contributed by atoms with Crippen LogP contribution < -0.4 is 21.1 Å². The second kappa shape index (κ2) is 5.75. The summed E-state index contributed by atoms with van der Waals surface area (Å²) in [6, 6.07) is 0.330. The molecule has 0 radical (unpaired) electrons. The maximum atomic E-state index is 12.3. The van der Waals surface area contributed by atoms with Crippen LogP contribution in [0.25, 0.3) is 0 Å². The van der Waals surface area contributed by atoms with E-state index in [0.29, 0.717) is 22.4 Å². The standard InChI is InChI=1S/C15H23N3O2S/c1-8(2)20-12-11(16)13(14(19)18-10-5-6-10)21-15(12)17-7-9-3-4-9/h8-10,17H,3-7,16H2,1-2H3,(H,18,19). The van der Waals surface area contributed by atoms with Gasteiger partial charge in [0.15, 0.2) is 5.75 Å². The van der Waals surface area contributed by atoms with E-state index in [2.05, 4.69) is 10.6 Å². The van der Waals surface area contributed by atoms with Gasteiger partial charge in [0.1, 0.15) is 15.6 Å². The Balaban J connectivity index is 1.78. The number of rotatable bonds is 7. The van der Waals surface area contributed by atoms with Crippen LogP contribution in [0.5, 0.6) is 5.75 Å². The molecule has 1 aromatic heterocycles. The highest BCUT2D eigenvalue weighted by molar-refractivity contribution is 7.19. The SMILES string of the molecule is CC(C)Oc1c(NCC2CC2)sc(C(=O)NC2CC2)c1N. The van der Waals surface area contributed by atoms with Gasteiger partial charge >= 0.3 is 0 Å². The number of carbonyl (C=O) groups excluding carboxylic acids is 1.